The van der Waals surface area contributed by atoms with Gasteiger partial charge in [0.1, 0.15) is 0 Å². The minimum Gasteiger partial charge on any atom is -0.395 e. The van der Waals surface area contributed by atoms with Gasteiger partial charge in [0.25, 0.3) is 5.91 Å². The highest BCUT2D eigenvalue weighted by molar-refractivity contribution is 6.72. The van der Waals surface area contributed by atoms with Gasteiger partial charge in [-0.25, -0.2) is 0 Å². The smallest absolute Gasteiger partial charge is 0.268 e. The lowest BCUT2D eigenvalue weighted by atomic mass is 9.82. The maximum atomic E-state index is 16.6. The molecule has 10 nitrogen and oxygen atoms in total. The molecule has 1 unspecified atom stereocenters. The number of benzene rings is 4. The number of ether oxygens (including phenoxy) is 1. The molecule has 1 fully saturated rings. The fourth-order valence-electron chi connectivity index (χ4n) is 8.71. The van der Waals surface area contributed by atoms with E-state index in [1.165, 1.54) is 0 Å². The molecule has 4 heterocycles. The lowest BCUT2D eigenvalue weighted by Crippen LogP contribution is -2.44. The Bertz CT molecular complexity index is 2310. The monoisotopic (exact) mass is 742 g/mol. The largest absolute Gasteiger partial charge is 0.395 e. The Kier molecular flexibility index (Phi) is 9.28. The van der Waals surface area contributed by atoms with E-state index in [2.05, 4.69) is 20.6 Å². The summed E-state index contributed by atoms with van der Waals surface area (Å²) in [5, 5.41) is 23.0. The van der Waals surface area contributed by atoms with Gasteiger partial charge in [0.05, 0.1) is 36.4 Å². The predicted molar refractivity (Wildman–Crippen MR) is 209 cm³/mol. The number of rotatable bonds is 11. The third kappa shape index (κ3) is 6.23. The van der Waals surface area contributed by atoms with Crippen LogP contribution in [-0.4, -0.2) is 58.0 Å². The van der Waals surface area contributed by atoms with Crippen LogP contribution < -0.4 is 10.2 Å². The minimum absolute atomic E-state index is 0.122. The lowest BCUT2D eigenvalue weighted by Gasteiger charge is -2.31. The molecule has 3 N–H and O–H groups in total. The van der Waals surface area contributed by atoms with E-state index in [0.717, 1.165) is 22.0 Å². The average Bonchev–Trinajstić information content (AvgIpc) is 3.93. The van der Waals surface area contributed by atoms with Crippen LogP contribution >= 0.6 is 0 Å². The first-order chi connectivity index (χ1) is 26.1. The minimum atomic E-state index is -3.44. The first-order valence-electron chi connectivity index (χ1n) is 18.4. The van der Waals surface area contributed by atoms with Crippen LogP contribution in [0.5, 0.6) is 0 Å². The highest BCUT2D eigenvalue weighted by Crippen LogP contribution is 2.61. The van der Waals surface area contributed by atoms with Crippen molar-refractivity contribution >= 4 is 48.2 Å². The summed E-state index contributed by atoms with van der Waals surface area (Å²) >= 11 is 0. The number of amides is 2. The summed E-state index contributed by atoms with van der Waals surface area (Å²) in [6.07, 6.45) is 3.62. The molecule has 2 amide bonds. The van der Waals surface area contributed by atoms with E-state index in [1.807, 2.05) is 116 Å². The number of hydrogen-bond acceptors (Lipinski definition) is 6. The van der Waals surface area contributed by atoms with Gasteiger partial charge in [0, 0.05) is 58.2 Å². The molecule has 5 atom stereocenters. The zero-order valence-corrected chi connectivity index (χ0v) is 31.4. The van der Waals surface area contributed by atoms with Crippen LogP contribution in [0.3, 0.4) is 0 Å². The first kappa shape index (κ1) is 35.6. The molecular weight excluding hydrogens is 700 g/mol. The van der Waals surface area contributed by atoms with Crippen molar-refractivity contribution in [1.82, 2.24) is 20.0 Å². The van der Waals surface area contributed by atoms with Gasteiger partial charge < -0.3 is 24.3 Å². The molecule has 0 radical (unpaired) electrons. The van der Waals surface area contributed by atoms with Crippen molar-refractivity contribution < 1.29 is 23.5 Å². The number of aliphatic hydroxyl groups excluding tert-OH is 1. The lowest BCUT2D eigenvalue weighted by molar-refractivity contribution is -0.145. The van der Waals surface area contributed by atoms with E-state index in [4.69, 9.17) is 4.74 Å². The molecule has 0 bridgehead atoms. The van der Waals surface area contributed by atoms with E-state index in [0.29, 0.717) is 41.3 Å². The normalized spacial score (nSPS) is 21.5. The molecule has 0 saturated carbocycles. The molecule has 276 valence electrons. The van der Waals surface area contributed by atoms with Crippen molar-refractivity contribution in [1.29, 1.82) is 0 Å². The molecule has 12 heteroatoms. The molecule has 8 rings (SSSR count). The number of nitrogens with zero attached hydrogens (tertiary/aromatic N) is 4. The number of aromatic amines is 1. The van der Waals surface area contributed by atoms with Crippen LogP contribution in [0.1, 0.15) is 41.6 Å². The number of halogens is 1. The van der Waals surface area contributed by atoms with Crippen molar-refractivity contribution in [2.45, 2.75) is 62.6 Å². The van der Waals surface area contributed by atoms with Gasteiger partial charge in [-0.2, -0.15) is 0 Å². The van der Waals surface area contributed by atoms with Crippen molar-refractivity contribution in [3.8, 4) is 0 Å². The van der Waals surface area contributed by atoms with Gasteiger partial charge in [-0.05, 0) is 67.0 Å². The Hall–Kier alpha value is -5.43. The van der Waals surface area contributed by atoms with Crippen LogP contribution in [0.25, 0.3) is 10.9 Å². The fraction of sp³-hybridized carbons (Fsp3) is 0.286. The molecule has 4 aromatic carbocycles. The molecule has 6 aromatic rings. The number of para-hydroxylation sites is 2. The number of nitrogens with one attached hydrogen (secondary N) is 2. The molecular formula is C42H43FN6O4Si. The number of anilines is 3. The van der Waals surface area contributed by atoms with E-state index >= 15 is 4.11 Å². The van der Waals surface area contributed by atoms with E-state index in [1.54, 1.807) is 28.7 Å². The SMILES string of the molecule is C[C@@H]1[C@@H]([Si](C)(C)F)[C@H](CCn2cc(C(CO)c3ccccc3)nn2)O[C@@]12C(=O)N(c1ccccc1)c1ccc(NC(=O)Cc3c[nH]c4ccccc34)cc12. The summed E-state index contributed by atoms with van der Waals surface area (Å²) in [5.74, 6) is -1.32. The topological polar surface area (TPSA) is 125 Å². The molecule has 1 spiro atoms. The number of carbonyl (C=O) groups excluding carboxylic acids is 2. The Labute approximate surface area is 314 Å². The zero-order chi connectivity index (χ0) is 37.6. The van der Waals surface area contributed by atoms with E-state index in [9.17, 15) is 14.7 Å². The van der Waals surface area contributed by atoms with E-state index < -0.39 is 31.6 Å². The quantitative estimate of drug-likeness (QED) is 0.0928. The second kappa shape index (κ2) is 14.1. The van der Waals surface area contributed by atoms with Gasteiger partial charge in [-0.15, -0.1) is 5.10 Å². The summed E-state index contributed by atoms with van der Waals surface area (Å²) in [6, 6.07) is 32.4. The highest BCUT2D eigenvalue weighted by atomic mass is 28.4. The first-order valence-corrected chi connectivity index (χ1v) is 21.4. The van der Waals surface area contributed by atoms with Crippen LogP contribution in [-0.2, 0) is 32.9 Å². The van der Waals surface area contributed by atoms with Crippen LogP contribution in [0.2, 0.25) is 18.6 Å². The molecule has 2 aromatic heterocycles. The fourth-order valence-corrected chi connectivity index (χ4v) is 11.2. The summed E-state index contributed by atoms with van der Waals surface area (Å²) in [7, 11) is -3.44. The predicted octanol–water partition coefficient (Wildman–Crippen LogP) is 7.61. The highest BCUT2D eigenvalue weighted by Gasteiger charge is 2.67. The standard InChI is InChI=1S/C42H43FN6O4Si/c1-27-40(54(2,3)43)38(20-21-48-25-36(46-47-48)33(26-50)28-12-6-4-7-13-28)53-42(27)34-23-30(18-19-37(34)49(41(42)52)31-14-8-5-9-15-31)45-39(51)22-29-24-44-35-17-11-10-16-32(29)35/h4-19,23-25,27,33,38,40,44,50H,20-22,26H2,1-3H3,(H,45,51)/t27-,33?,38+,40-,42+/m1/s1. The summed E-state index contributed by atoms with van der Waals surface area (Å²) in [6.45, 7) is 5.54. The summed E-state index contributed by atoms with van der Waals surface area (Å²) in [5.41, 5.74) is 3.85. The Morgan fingerprint density at radius 1 is 1.04 bits per heavy atom. The number of aliphatic hydroxyl groups is 1. The Balaban J connectivity index is 1.11. The maximum Gasteiger partial charge on any atom is 0.268 e. The van der Waals surface area contributed by atoms with Crippen molar-refractivity contribution in [2.24, 2.45) is 5.92 Å². The van der Waals surface area contributed by atoms with Crippen LogP contribution in [0.15, 0.2) is 116 Å². The number of aryl methyl sites for hydroxylation is 1. The number of H-pyrrole nitrogens is 1. The van der Waals surface area contributed by atoms with Crippen molar-refractivity contribution in [3.05, 3.63) is 138 Å². The number of carbonyl (C=O) groups is 2. The maximum absolute atomic E-state index is 16.6. The van der Waals surface area contributed by atoms with Gasteiger partial charge in [-0.1, -0.05) is 78.9 Å². The second-order valence-electron chi connectivity index (χ2n) is 14.9. The Morgan fingerprint density at radius 2 is 1.76 bits per heavy atom. The van der Waals surface area contributed by atoms with Gasteiger partial charge in [0.2, 0.25) is 14.3 Å². The average molecular weight is 743 g/mol. The van der Waals surface area contributed by atoms with Crippen LogP contribution in [0.4, 0.5) is 21.2 Å². The van der Waals surface area contributed by atoms with Gasteiger partial charge in [-0.3, -0.25) is 19.2 Å². The summed E-state index contributed by atoms with van der Waals surface area (Å²) < 4.78 is 25.3. The van der Waals surface area contributed by atoms with Crippen molar-refractivity contribution in [2.75, 3.05) is 16.8 Å². The Morgan fingerprint density at radius 3 is 2.50 bits per heavy atom. The second-order valence-corrected chi connectivity index (χ2v) is 18.7. The molecule has 2 aliphatic rings. The number of aromatic nitrogens is 4. The van der Waals surface area contributed by atoms with Gasteiger partial charge >= 0.3 is 0 Å². The van der Waals surface area contributed by atoms with Crippen molar-refractivity contribution in [3.63, 3.8) is 0 Å². The van der Waals surface area contributed by atoms with E-state index in [-0.39, 0.29) is 30.8 Å². The number of hydrogen-bond donors (Lipinski definition) is 3. The number of fused-ring (bicyclic) bond motifs is 3. The third-order valence-corrected chi connectivity index (χ3v) is 13.6. The summed E-state index contributed by atoms with van der Waals surface area (Å²) in [4.78, 5) is 33.3. The van der Waals surface area contributed by atoms with Crippen LogP contribution in [0, 0.1) is 5.92 Å². The van der Waals surface area contributed by atoms with Gasteiger partial charge in [0.15, 0.2) is 5.60 Å². The third-order valence-electron chi connectivity index (χ3n) is 11.1. The molecule has 2 aliphatic heterocycles. The molecule has 1 saturated heterocycles. The molecule has 54 heavy (non-hydrogen) atoms. The zero-order valence-electron chi connectivity index (χ0n) is 30.4. The molecule has 0 aliphatic carbocycles.